The van der Waals surface area contributed by atoms with Gasteiger partial charge in [-0.3, -0.25) is 14.4 Å². The zero-order valence-electron chi connectivity index (χ0n) is 38.8. The van der Waals surface area contributed by atoms with E-state index in [1.165, 1.54) is 154 Å². The standard InChI is InChI=1S/C52H96O6/c1-4-7-10-13-16-19-22-24-26-28-30-33-36-39-42-45-51(54)57-48-49(47-56-50(53)44-41-38-35-32-21-18-15-12-9-6-3)58-52(55)46-43-40-37-34-31-29-27-25-23-20-17-14-11-8-5-2/h15,18-19,22,49H,4-14,16-17,20-21,23-48H2,1-3H3/b18-15-,22-19-. The molecule has 6 heteroatoms. The predicted molar refractivity (Wildman–Crippen MR) is 247 cm³/mol. The van der Waals surface area contributed by atoms with Crippen molar-refractivity contribution in [1.29, 1.82) is 0 Å². The van der Waals surface area contributed by atoms with Crippen molar-refractivity contribution in [3.63, 3.8) is 0 Å². The Morgan fingerprint density at radius 2 is 0.586 bits per heavy atom. The molecule has 0 saturated carbocycles. The fraction of sp³-hybridized carbons (Fsp3) is 0.865. The van der Waals surface area contributed by atoms with Crippen LogP contribution < -0.4 is 0 Å². The molecule has 0 N–H and O–H groups in total. The van der Waals surface area contributed by atoms with Gasteiger partial charge in [0.25, 0.3) is 0 Å². The highest BCUT2D eigenvalue weighted by atomic mass is 16.6. The van der Waals surface area contributed by atoms with Crippen molar-refractivity contribution in [3.8, 4) is 0 Å². The summed E-state index contributed by atoms with van der Waals surface area (Å²) in [5.74, 6) is -0.881. The summed E-state index contributed by atoms with van der Waals surface area (Å²) in [6.07, 6.45) is 53.0. The number of carbonyl (C=O) groups is 3. The van der Waals surface area contributed by atoms with Crippen LogP contribution >= 0.6 is 0 Å². The Morgan fingerprint density at radius 3 is 0.931 bits per heavy atom. The van der Waals surface area contributed by atoms with Gasteiger partial charge in [-0.25, -0.2) is 0 Å². The van der Waals surface area contributed by atoms with Crippen LogP contribution in [0.3, 0.4) is 0 Å². The van der Waals surface area contributed by atoms with Crippen LogP contribution in [0.5, 0.6) is 0 Å². The van der Waals surface area contributed by atoms with E-state index < -0.39 is 6.10 Å². The van der Waals surface area contributed by atoms with Gasteiger partial charge in [0.2, 0.25) is 0 Å². The molecule has 0 aromatic heterocycles. The van der Waals surface area contributed by atoms with Crippen LogP contribution in [-0.2, 0) is 28.6 Å². The highest BCUT2D eigenvalue weighted by molar-refractivity contribution is 5.71. The predicted octanol–water partition coefficient (Wildman–Crippen LogP) is 16.4. The van der Waals surface area contributed by atoms with Gasteiger partial charge in [-0.2, -0.15) is 0 Å². The second-order valence-electron chi connectivity index (χ2n) is 17.1. The van der Waals surface area contributed by atoms with Crippen molar-refractivity contribution in [1.82, 2.24) is 0 Å². The number of unbranched alkanes of at least 4 members (excludes halogenated alkanes) is 31. The summed E-state index contributed by atoms with van der Waals surface area (Å²) >= 11 is 0. The third-order valence-corrected chi connectivity index (χ3v) is 11.2. The van der Waals surface area contributed by atoms with Gasteiger partial charge in [-0.15, -0.1) is 0 Å². The molecular formula is C52H96O6. The summed E-state index contributed by atoms with van der Waals surface area (Å²) in [5.41, 5.74) is 0. The Balaban J connectivity index is 4.33. The van der Waals surface area contributed by atoms with Gasteiger partial charge in [-0.05, 0) is 64.2 Å². The minimum Gasteiger partial charge on any atom is -0.462 e. The van der Waals surface area contributed by atoms with E-state index in [0.29, 0.717) is 19.3 Å². The summed E-state index contributed by atoms with van der Waals surface area (Å²) in [5, 5.41) is 0. The third-order valence-electron chi connectivity index (χ3n) is 11.2. The van der Waals surface area contributed by atoms with Crippen LogP contribution in [0.4, 0.5) is 0 Å². The van der Waals surface area contributed by atoms with E-state index in [1.807, 2.05) is 0 Å². The molecule has 0 spiro atoms. The van der Waals surface area contributed by atoms with Crippen molar-refractivity contribution >= 4 is 17.9 Å². The number of ether oxygens (including phenoxy) is 3. The maximum absolute atomic E-state index is 12.8. The second kappa shape index (κ2) is 47.6. The molecule has 0 radical (unpaired) electrons. The first-order valence-corrected chi connectivity index (χ1v) is 25.3. The smallest absolute Gasteiger partial charge is 0.306 e. The molecular weight excluding hydrogens is 721 g/mol. The summed E-state index contributed by atoms with van der Waals surface area (Å²) in [6, 6.07) is 0. The van der Waals surface area contributed by atoms with E-state index in [9.17, 15) is 14.4 Å². The van der Waals surface area contributed by atoms with Gasteiger partial charge in [-0.1, -0.05) is 212 Å². The van der Waals surface area contributed by atoms with Gasteiger partial charge in [0.15, 0.2) is 6.10 Å². The van der Waals surface area contributed by atoms with Crippen LogP contribution in [0.15, 0.2) is 24.3 Å². The molecule has 0 rings (SSSR count). The Hall–Kier alpha value is -2.11. The molecule has 0 fully saturated rings. The number of rotatable bonds is 46. The number of hydrogen-bond donors (Lipinski definition) is 0. The van der Waals surface area contributed by atoms with Crippen molar-refractivity contribution < 1.29 is 28.6 Å². The molecule has 0 amide bonds. The Kier molecular flexibility index (Phi) is 45.8. The van der Waals surface area contributed by atoms with Gasteiger partial charge >= 0.3 is 17.9 Å². The van der Waals surface area contributed by atoms with Gasteiger partial charge < -0.3 is 14.2 Å². The van der Waals surface area contributed by atoms with Crippen LogP contribution in [0, 0.1) is 0 Å². The highest BCUT2D eigenvalue weighted by Crippen LogP contribution is 2.16. The number of carbonyl (C=O) groups excluding carboxylic acids is 3. The van der Waals surface area contributed by atoms with Gasteiger partial charge in [0.05, 0.1) is 0 Å². The molecule has 6 nitrogen and oxygen atoms in total. The summed E-state index contributed by atoms with van der Waals surface area (Å²) in [4.78, 5) is 37.9. The van der Waals surface area contributed by atoms with E-state index in [1.54, 1.807) is 0 Å². The van der Waals surface area contributed by atoms with E-state index in [4.69, 9.17) is 14.2 Å². The van der Waals surface area contributed by atoms with E-state index >= 15 is 0 Å². The maximum atomic E-state index is 12.8. The quantitative estimate of drug-likeness (QED) is 0.0263. The van der Waals surface area contributed by atoms with Crippen LogP contribution in [0.25, 0.3) is 0 Å². The number of hydrogen-bond acceptors (Lipinski definition) is 6. The summed E-state index contributed by atoms with van der Waals surface area (Å²) < 4.78 is 16.8. The average Bonchev–Trinajstić information content (AvgIpc) is 3.22. The molecule has 0 aliphatic heterocycles. The lowest BCUT2D eigenvalue weighted by Gasteiger charge is -2.18. The minimum atomic E-state index is -0.771. The number of esters is 3. The maximum Gasteiger partial charge on any atom is 0.306 e. The molecule has 0 aliphatic rings. The van der Waals surface area contributed by atoms with E-state index in [-0.39, 0.29) is 31.1 Å². The lowest BCUT2D eigenvalue weighted by atomic mass is 10.0. The minimum absolute atomic E-state index is 0.0737. The second-order valence-corrected chi connectivity index (χ2v) is 17.1. The normalized spacial score (nSPS) is 12.1. The topological polar surface area (TPSA) is 78.9 Å². The molecule has 0 aromatic rings. The van der Waals surface area contributed by atoms with Crippen LogP contribution in [0.1, 0.15) is 271 Å². The molecule has 0 saturated heterocycles. The van der Waals surface area contributed by atoms with Gasteiger partial charge in [0.1, 0.15) is 13.2 Å². The fourth-order valence-corrected chi connectivity index (χ4v) is 7.30. The fourth-order valence-electron chi connectivity index (χ4n) is 7.30. The van der Waals surface area contributed by atoms with Crippen molar-refractivity contribution in [2.24, 2.45) is 0 Å². The first kappa shape index (κ1) is 55.9. The third kappa shape index (κ3) is 45.0. The molecule has 0 heterocycles. The lowest BCUT2D eigenvalue weighted by molar-refractivity contribution is -0.167. The Labute approximate surface area is 360 Å². The van der Waals surface area contributed by atoms with E-state index in [2.05, 4.69) is 45.1 Å². The zero-order chi connectivity index (χ0) is 42.3. The molecule has 1 unspecified atom stereocenters. The van der Waals surface area contributed by atoms with Crippen molar-refractivity contribution in [3.05, 3.63) is 24.3 Å². The Bertz CT molecular complexity index is 942. The number of allylic oxidation sites excluding steroid dienone is 4. The van der Waals surface area contributed by atoms with E-state index in [0.717, 1.165) is 77.0 Å². The first-order valence-electron chi connectivity index (χ1n) is 25.3. The largest absolute Gasteiger partial charge is 0.462 e. The van der Waals surface area contributed by atoms with Crippen LogP contribution in [-0.4, -0.2) is 37.2 Å². The molecule has 0 bridgehead atoms. The van der Waals surface area contributed by atoms with Gasteiger partial charge in [0, 0.05) is 19.3 Å². The molecule has 58 heavy (non-hydrogen) atoms. The summed E-state index contributed by atoms with van der Waals surface area (Å²) in [6.45, 7) is 6.59. The monoisotopic (exact) mass is 817 g/mol. The van der Waals surface area contributed by atoms with Crippen molar-refractivity contribution in [2.75, 3.05) is 13.2 Å². The highest BCUT2D eigenvalue weighted by Gasteiger charge is 2.19. The zero-order valence-corrected chi connectivity index (χ0v) is 38.8. The average molecular weight is 817 g/mol. The van der Waals surface area contributed by atoms with Crippen LogP contribution in [0.2, 0.25) is 0 Å². The molecule has 340 valence electrons. The lowest BCUT2D eigenvalue weighted by Crippen LogP contribution is -2.30. The molecule has 0 aliphatic carbocycles. The molecule has 1 atom stereocenters. The molecule has 0 aromatic carbocycles. The van der Waals surface area contributed by atoms with Crippen molar-refractivity contribution in [2.45, 2.75) is 277 Å². The SMILES string of the molecule is CCCC/C=C\CCCCCCC(=O)OCC(COC(=O)CCCCCCCCC/C=C\CCCCCC)OC(=O)CCCCCCCCCCCCCCCCC. The summed E-state index contributed by atoms with van der Waals surface area (Å²) in [7, 11) is 0. The first-order chi connectivity index (χ1) is 28.5. The Morgan fingerprint density at radius 1 is 0.328 bits per heavy atom.